The van der Waals surface area contributed by atoms with Crippen LogP contribution in [0.1, 0.15) is 36.5 Å². The van der Waals surface area contributed by atoms with Gasteiger partial charge in [-0.3, -0.25) is 4.79 Å². The van der Waals surface area contributed by atoms with Gasteiger partial charge in [0.2, 0.25) is 5.91 Å². The monoisotopic (exact) mass is 217 g/mol. The van der Waals surface area contributed by atoms with E-state index in [1.807, 2.05) is 4.90 Å². The van der Waals surface area contributed by atoms with E-state index in [1.54, 1.807) is 6.92 Å². The predicted molar refractivity (Wildman–Crippen MR) is 65.2 cm³/mol. The molecule has 1 aromatic carbocycles. The van der Waals surface area contributed by atoms with Gasteiger partial charge >= 0.3 is 0 Å². The molecule has 0 atom stereocenters. The fraction of sp³-hybridized carbons (Fsp3) is 0.500. The van der Waals surface area contributed by atoms with E-state index >= 15 is 0 Å². The maximum atomic E-state index is 11.6. The van der Waals surface area contributed by atoms with Gasteiger partial charge in [-0.1, -0.05) is 18.2 Å². The maximum Gasteiger partial charge on any atom is 0.219 e. The van der Waals surface area contributed by atoms with Gasteiger partial charge in [0, 0.05) is 19.5 Å². The third kappa shape index (κ3) is 2.26. The van der Waals surface area contributed by atoms with Gasteiger partial charge in [-0.2, -0.15) is 0 Å². The minimum absolute atomic E-state index is 0.198. The van der Waals surface area contributed by atoms with Crippen molar-refractivity contribution >= 4 is 5.91 Å². The first-order valence-corrected chi connectivity index (χ1v) is 5.92. The second-order valence-corrected chi connectivity index (χ2v) is 4.74. The van der Waals surface area contributed by atoms with Gasteiger partial charge in [0.15, 0.2) is 0 Å². The van der Waals surface area contributed by atoms with Crippen molar-refractivity contribution in [2.24, 2.45) is 0 Å². The lowest BCUT2D eigenvalue weighted by Crippen LogP contribution is -2.30. The van der Waals surface area contributed by atoms with Crippen LogP contribution in [0.25, 0.3) is 0 Å². The van der Waals surface area contributed by atoms with Crippen LogP contribution in [0, 0.1) is 13.8 Å². The summed E-state index contributed by atoms with van der Waals surface area (Å²) in [7, 11) is 0. The molecular weight excluding hydrogens is 198 g/mol. The fourth-order valence-electron chi connectivity index (χ4n) is 2.05. The molecule has 1 aliphatic carbocycles. The quantitative estimate of drug-likeness (QED) is 0.762. The van der Waals surface area contributed by atoms with E-state index in [4.69, 9.17) is 0 Å². The van der Waals surface area contributed by atoms with Gasteiger partial charge in [0.1, 0.15) is 0 Å². The van der Waals surface area contributed by atoms with Crippen LogP contribution >= 0.6 is 0 Å². The molecule has 16 heavy (non-hydrogen) atoms. The van der Waals surface area contributed by atoms with Crippen molar-refractivity contribution in [1.29, 1.82) is 0 Å². The molecule has 86 valence electrons. The highest BCUT2D eigenvalue weighted by molar-refractivity contribution is 5.74. The molecule has 2 heteroatoms. The van der Waals surface area contributed by atoms with Gasteiger partial charge in [-0.25, -0.2) is 0 Å². The Morgan fingerprint density at radius 2 is 2.06 bits per heavy atom. The highest BCUT2D eigenvalue weighted by Crippen LogP contribution is 2.29. The van der Waals surface area contributed by atoms with Crippen LogP contribution < -0.4 is 0 Å². The average molecular weight is 217 g/mol. The Morgan fingerprint density at radius 1 is 1.38 bits per heavy atom. The fourth-order valence-corrected chi connectivity index (χ4v) is 2.05. The van der Waals surface area contributed by atoms with Gasteiger partial charge < -0.3 is 4.90 Å². The minimum Gasteiger partial charge on any atom is -0.336 e. The van der Waals surface area contributed by atoms with Crippen LogP contribution in [0.15, 0.2) is 18.2 Å². The maximum absolute atomic E-state index is 11.6. The van der Waals surface area contributed by atoms with Crippen LogP contribution in [0.4, 0.5) is 0 Å². The van der Waals surface area contributed by atoms with Crippen molar-refractivity contribution in [3.8, 4) is 0 Å². The molecule has 0 radical (unpaired) electrons. The normalized spacial score (nSPS) is 14.9. The molecule has 0 N–H and O–H groups in total. The van der Waals surface area contributed by atoms with Crippen LogP contribution in [0.5, 0.6) is 0 Å². The standard InChI is InChI=1S/C14H19NO/c1-10-5-4-6-13(11(10)2)9-15(12(3)16)14-7-8-14/h4-6,14H,7-9H2,1-3H3. The van der Waals surface area contributed by atoms with E-state index in [-0.39, 0.29) is 5.91 Å². The zero-order chi connectivity index (χ0) is 11.7. The lowest BCUT2D eigenvalue weighted by molar-refractivity contribution is -0.130. The zero-order valence-corrected chi connectivity index (χ0v) is 10.3. The molecule has 1 amide bonds. The number of benzene rings is 1. The summed E-state index contributed by atoms with van der Waals surface area (Å²) in [6.45, 7) is 6.70. The van der Waals surface area contributed by atoms with E-state index in [1.165, 1.54) is 29.5 Å². The van der Waals surface area contributed by atoms with Crippen molar-refractivity contribution in [3.05, 3.63) is 34.9 Å². The van der Waals surface area contributed by atoms with Crippen LogP contribution in [0.2, 0.25) is 0 Å². The molecule has 0 unspecified atom stereocenters. The Bertz CT molecular complexity index is 407. The van der Waals surface area contributed by atoms with E-state index in [2.05, 4.69) is 32.0 Å². The third-order valence-electron chi connectivity index (χ3n) is 3.45. The molecular formula is C14H19NO. The molecule has 1 aliphatic rings. The Morgan fingerprint density at radius 3 is 2.62 bits per heavy atom. The van der Waals surface area contributed by atoms with E-state index in [0.717, 1.165) is 6.54 Å². The molecule has 1 aromatic rings. The molecule has 0 aromatic heterocycles. The summed E-state index contributed by atoms with van der Waals surface area (Å²) in [5.74, 6) is 0.198. The number of carbonyl (C=O) groups is 1. The summed E-state index contributed by atoms with van der Waals surface area (Å²) in [5, 5.41) is 0. The summed E-state index contributed by atoms with van der Waals surface area (Å²) >= 11 is 0. The summed E-state index contributed by atoms with van der Waals surface area (Å²) in [6, 6.07) is 6.81. The van der Waals surface area contributed by atoms with E-state index in [0.29, 0.717) is 6.04 Å². The lowest BCUT2D eigenvalue weighted by atomic mass is 10.0. The molecule has 2 rings (SSSR count). The first-order chi connectivity index (χ1) is 7.59. The number of nitrogens with zero attached hydrogens (tertiary/aromatic N) is 1. The van der Waals surface area contributed by atoms with Gasteiger partial charge in [0.25, 0.3) is 0 Å². The molecule has 1 saturated carbocycles. The van der Waals surface area contributed by atoms with Crippen molar-refractivity contribution in [2.45, 2.75) is 46.2 Å². The van der Waals surface area contributed by atoms with Gasteiger partial charge in [0.05, 0.1) is 0 Å². The summed E-state index contributed by atoms with van der Waals surface area (Å²) < 4.78 is 0. The molecule has 0 saturated heterocycles. The Kier molecular flexibility index (Phi) is 2.99. The second kappa shape index (κ2) is 4.28. The number of aryl methyl sites for hydroxylation is 1. The number of hydrogen-bond donors (Lipinski definition) is 0. The molecule has 0 aliphatic heterocycles. The number of rotatable bonds is 3. The number of hydrogen-bond acceptors (Lipinski definition) is 1. The van der Waals surface area contributed by atoms with Gasteiger partial charge in [-0.15, -0.1) is 0 Å². The molecule has 2 nitrogen and oxygen atoms in total. The molecule has 1 fully saturated rings. The Labute approximate surface area is 97.3 Å². The SMILES string of the molecule is CC(=O)N(Cc1cccc(C)c1C)C1CC1. The summed E-state index contributed by atoms with van der Waals surface area (Å²) in [5.41, 5.74) is 3.90. The van der Waals surface area contributed by atoms with E-state index < -0.39 is 0 Å². The van der Waals surface area contributed by atoms with Crippen molar-refractivity contribution in [2.75, 3.05) is 0 Å². The first-order valence-electron chi connectivity index (χ1n) is 5.92. The minimum atomic E-state index is 0.198. The highest BCUT2D eigenvalue weighted by atomic mass is 16.2. The van der Waals surface area contributed by atoms with Crippen molar-refractivity contribution in [3.63, 3.8) is 0 Å². The second-order valence-electron chi connectivity index (χ2n) is 4.74. The predicted octanol–water partition coefficient (Wildman–Crippen LogP) is 2.81. The summed E-state index contributed by atoms with van der Waals surface area (Å²) in [6.07, 6.45) is 2.34. The van der Waals surface area contributed by atoms with Crippen molar-refractivity contribution < 1.29 is 4.79 Å². The van der Waals surface area contributed by atoms with Gasteiger partial charge in [-0.05, 0) is 43.4 Å². The molecule has 0 spiro atoms. The topological polar surface area (TPSA) is 20.3 Å². The molecule has 0 bridgehead atoms. The molecule has 0 heterocycles. The Hall–Kier alpha value is -1.31. The van der Waals surface area contributed by atoms with Crippen LogP contribution in [0.3, 0.4) is 0 Å². The number of amides is 1. The lowest BCUT2D eigenvalue weighted by Gasteiger charge is -2.22. The largest absolute Gasteiger partial charge is 0.336 e. The highest BCUT2D eigenvalue weighted by Gasteiger charge is 2.30. The van der Waals surface area contributed by atoms with Crippen LogP contribution in [-0.2, 0) is 11.3 Å². The zero-order valence-electron chi connectivity index (χ0n) is 10.3. The average Bonchev–Trinajstić information content (AvgIpc) is 3.03. The van der Waals surface area contributed by atoms with Crippen molar-refractivity contribution in [1.82, 2.24) is 4.90 Å². The van der Waals surface area contributed by atoms with Crippen LogP contribution in [-0.4, -0.2) is 16.8 Å². The smallest absolute Gasteiger partial charge is 0.219 e. The Balaban J connectivity index is 2.18. The number of carbonyl (C=O) groups excluding carboxylic acids is 1. The summed E-state index contributed by atoms with van der Waals surface area (Å²) in [4.78, 5) is 13.6. The third-order valence-corrected chi connectivity index (χ3v) is 3.45. The van der Waals surface area contributed by atoms with E-state index in [9.17, 15) is 4.79 Å². The first kappa shape index (κ1) is 11.2.